The van der Waals surface area contributed by atoms with Crippen LogP contribution in [-0.4, -0.2) is 11.9 Å². The molecule has 0 spiro atoms. The topological polar surface area (TPSA) is 81.5 Å². The standard InChI is InChI=1S/C19H16FN3O/c1-11-5-8-14(20)10-16(11)15-4-2-3-12-6-7-13(9-17(12)15)18(24)23-19(21)22/h2-10H,1H3,(H4,21,22,23,24). The molecule has 0 atom stereocenters. The van der Waals surface area contributed by atoms with Crippen LogP contribution in [0.1, 0.15) is 15.9 Å². The van der Waals surface area contributed by atoms with Gasteiger partial charge >= 0.3 is 0 Å². The Labute approximate surface area is 138 Å². The van der Waals surface area contributed by atoms with Crippen molar-refractivity contribution >= 4 is 22.6 Å². The van der Waals surface area contributed by atoms with Gasteiger partial charge in [-0.3, -0.25) is 4.79 Å². The number of nitrogens with two attached hydrogens (primary N) is 2. The predicted molar refractivity (Wildman–Crippen MR) is 94.2 cm³/mol. The molecule has 0 radical (unpaired) electrons. The van der Waals surface area contributed by atoms with E-state index < -0.39 is 5.91 Å². The first-order chi connectivity index (χ1) is 11.5. The van der Waals surface area contributed by atoms with E-state index >= 15 is 0 Å². The zero-order valence-corrected chi connectivity index (χ0v) is 13.1. The summed E-state index contributed by atoms with van der Waals surface area (Å²) in [5.41, 5.74) is 13.5. The number of carbonyl (C=O) groups is 1. The Morgan fingerprint density at radius 3 is 2.54 bits per heavy atom. The number of amides is 1. The van der Waals surface area contributed by atoms with Crippen molar-refractivity contribution in [1.82, 2.24) is 0 Å². The number of halogens is 1. The molecule has 0 fully saturated rings. The first-order valence-corrected chi connectivity index (χ1v) is 7.39. The molecule has 4 N–H and O–H groups in total. The predicted octanol–water partition coefficient (Wildman–Crippen LogP) is 3.37. The molecule has 3 rings (SSSR count). The van der Waals surface area contributed by atoms with E-state index in [4.69, 9.17) is 11.5 Å². The molecule has 4 nitrogen and oxygen atoms in total. The van der Waals surface area contributed by atoms with Gasteiger partial charge in [0.05, 0.1) is 0 Å². The number of guanidine groups is 1. The molecule has 0 bridgehead atoms. The summed E-state index contributed by atoms with van der Waals surface area (Å²) in [6.45, 7) is 1.92. The van der Waals surface area contributed by atoms with Gasteiger partial charge in [-0.1, -0.05) is 30.3 Å². The van der Waals surface area contributed by atoms with E-state index in [-0.39, 0.29) is 11.8 Å². The maximum Gasteiger partial charge on any atom is 0.280 e. The van der Waals surface area contributed by atoms with Crippen LogP contribution in [0.5, 0.6) is 0 Å². The maximum absolute atomic E-state index is 13.7. The largest absolute Gasteiger partial charge is 0.370 e. The van der Waals surface area contributed by atoms with E-state index in [2.05, 4.69) is 4.99 Å². The van der Waals surface area contributed by atoms with Crippen molar-refractivity contribution in [3.63, 3.8) is 0 Å². The molecule has 0 saturated heterocycles. The van der Waals surface area contributed by atoms with Crippen molar-refractivity contribution in [2.24, 2.45) is 16.5 Å². The molecule has 0 saturated carbocycles. The van der Waals surface area contributed by atoms with Gasteiger partial charge in [0.25, 0.3) is 5.91 Å². The van der Waals surface area contributed by atoms with Crippen molar-refractivity contribution in [2.45, 2.75) is 6.92 Å². The highest BCUT2D eigenvalue weighted by molar-refractivity contribution is 6.06. The Morgan fingerprint density at radius 1 is 1.00 bits per heavy atom. The second kappa shape index (κ2) is 6.12. The quantitative estimate of drug-likeness (QED) is 0.561. The number of rotatable bonds is 2. The fraction of sp³-hybridized carbons (Fsp3) is 0.0526. The van der Waals surface area contributed by atoms with Crippen LogP contribution < -0.4 is 11.5 Å². The molecular formula is C19H16FN3O. The highest BCUT2D eigenvalue weighted by atomic mass is 19.1. The monoisotopic (exact) mass is 321 g/mol. The molecule has 1 amide bonds. The molecule has 0 aliphatic heterocycles. The number of benzene rings is 3. The van der Waals surface area contributed by atoms with Crippen molar-refractivity contribution in [1.29, 1.82) is 0 Å². The van der Waals surface area contributed by atoms with Gasteiger partial charge in [0, 0.05) is 5.56 Å². The summed E-state index contributed by atoms with van der Waals surface area (Å²) >= 11 is 0. The van der Waals surface area contributed by atoms with Gasteiger partial charge in [0.1, 0.15) is 5.82 Å². The van der Waals surface area contributed by atoms with Crippen LogP contribution >= 0.6 is 0 Å². The number of hydrogen-bond donors (Lipinski definition) is 2. The van der Waals surface area contributed by atoms with Crippen molar-refractivity contribution in [3.8, 4) is 11.1 Å². The molecule has 0 heterocycles. The first-order valence-electron chi connectivity index (χ1n) is 7.39. The lowest BCUT2D eigenvalue weighted by molar-refractivity contribution is 0.100. The molecule has 0 aromatic heterocycles. The number of aliphatic imine (C=N–C) groups is 1. The smallest absolute Gasteiger partial charge is 0.280 e. The fourth-order valence-electron chi connectivity index (χ4n) is 2.71. The summed E-state index contributed by atoms with van der Waals surface area (Å²) < 4.78 is 13.7. The summed E-state index contributed by atoms with van der Waals surface area (Å²) in [4.78, 5) is 15.6. The Balaban J connectivity index is 2.24. The van der Waals surface area contributed by atoms with E-state index in [1.807, 2.05) is 31.2 Å². The summed E-state index contributed by atoms with van der Waals surface area (Å²) in [5, 5.41) is 1.78. The van der Waals surface area contributed by atoms with E-state index in [1.54, 1.807) is 18.2 Å². The highest BCUT2D eigenvalue weighted by Gasteiger charge is 2.11. The van der Waals surface area contributed by atoms with Crippen LogP contribution in [-0.2, 0) is 0 Å². The average Bonchev–Trinajstić information content (AvgIpc) is 2.55. The lowest BCUT2D eigenvalue weighted by Gasteiger charge is -2.11. The third-order valence-electron chi connectivity index (χ3n) is 3.85. The molecule has 3 aromatic carbocycles. The van der Waals surface area contributed by atoms with E-state index in [1.165, 1.54) is 12.1 Å². The Morgan fingerprint density at radius 2 is 1.79 bits per heavy atom. The number of fused-ring (bicyclic) bond motifs is 1. The van der Waals surface area contributed by atoms with Gasteiger partial charge < -0.3 is 11.5 Å². The maximum atomic E-state index is 13.7. The number of carbonyl (C=O) groups excluding carboxylic acids is 1. The van der Waals surface area contributed by atoms with Crippen molar-refractivity contribution in [3.05, 3.63) is 71.5 Å². The average molecular weight is 321 g/mol. The van der Waals surface area contributed by atoms with Gasteiger partial charge in [0.15, 0.2) is 5.96 Å². The minimum Gasteiger partial charge on any atom is -0.370 e. The lowest BCUT2D eigenvalue weighted by atomic mass is 9.94. The molecule has 24 heavy (non-hydrogen) atoms. The molecule has 120 valence electrons. The minimum absolute atomic E-state index is 0.283. The molecule has 0 aliphatic carbocycles. The Bertz CT molecular complexity index is 976. The second-order valence-corrected chi connectivity index (χ2v) is 5.54. The number of hydrogen-bond acceptors (Lipinski definition) is 1. The number of aryl methyl sites for hydroxylation is 1. The fourth-order valence-corrected chi connectivity index (χ4v) is 2.71. The van der Waals surface area contributed by atoms with E-state index in [9.17, 15) is 9.18 Å². The molecular weight excluding hydrogens is 305 g/mol. The molecule has 5 heteroatoms. The van der Waals surface area contributed by atoms with Crippen LogP contribution in [0.15, 0.2) is 59.6 Å². The number of nitrogens with zero attached hydrogens (tertiary/aromatic N) is 1. The van der Waals surface area contributed by atoms with Crippen LogP contribution in [0.4, 0.5) is 4.39 Å². The van der Waals surface area contributed by atoms with Gasteiger partial charge in [-0.2, -0.15) is 4.99 Å². The van der Waals surface area contributed by atoms with E-state index in [0.717, 1.165) is 27.5 Å². The Kier molecular flexibility index (Phi) is 4.00. The van der Waals surface area contributed by atoms with Gasteiger partial charge in [0.2, 0.25) is 0 Å². The molecule has 3 aromatic rings. The minimum atomic E-state index is -0.511. The van der Waals surface area contributed by atoms with Crippen LogP contribution in [0.3, 0.4) is 0 Å². The van der Waals surface area contributed by atoms with Crippen LogP contribution in [0.2, 0.25) is 0 Å². The summed E-state index contributed by atoms with van der Waals surface area (Å²) in [6.07, 6.45) is 0. The highest BCUT2D eigenvalue weighted by Crippen LogP contribution is 2.32. The van der Waals surface area contributed by atoms with Crippen LogP contribution in [0.25, 0.3) is 21.9 Å². The molecule has 0 aliphatic rings. The van der Waals surface area contributed by atoms with Gasteiger partial charge in [-0.25, -0.2) is 4.39 Å². The third kappa shape index (κ3) is 2.96. The van der Waals surface area contributed by atoms with E-state index in [0.29, 0.717) is 5.56 Å². The van der Waals surface area contributed by atoms with Crippen molar-refractivity contribution < 1.29 is 9.18 Å². The summed E-state index contributed by atoms with van der Waals surface area (Å²) in [5.74, 6) is -1.10. The zero-order chi connectivity index (χ0) is 17.3. The zero-order valence-electron chi connectivity index (χ0n) is 13.1. The first kappa shape index (κ1) is 15.7. The summed E-state index contributed by atoms with van der Waals surface area (Å²) in [6, 6.07) is 15.6. The lowest BCUT2D eigenvalue weighted by Crippen LogP contribution is -2.24. The molecule has 0 unspecified atom stereocenters. The Hall–Kier alpha value is -3.21. The summed E-state index contributed by atoms with van der Waals surface area (Å²) in [7, 11) is 0. The SMILES string of the molecule is Cc1ccc(F)cc1-c1cccc2ccc(C(=O)N=C(N)N)cc12. The third-order valence-corrected chi connectivity index (χ3v) is 3.85. The van der Waals surface area contributed by atoms with Gasteiger partial charge in [-0.05, 0) is 58.7 Å². The van der Waals surface area contributed by atoms with Gasteiger partial charge in [-0.15, -0.1) is 0 Å². The van der Waals surface area contributed by atoms with Crippen LogP contribution in [0, 0.1) is 12.7 Å². The normalized spacial score (nSPS) is 10.6. The second-order valence-electron chi connectivity index (χ2n) is 5.54. The van der Waals surface area contributed by atoms with Crippen molar-refractivity contribution in [2.75, 3.05) is 0 Å².